The van der Waals surface area contributed by atoms with Crippen LogP contribution in [0.3, 0.4) is 0 Å². The zero-order valence-electron chi connectivity index (χ0n) is 16.6. The average molecular weight is 395 g/mol. The molecule has 31 heavy (non-hydrogen) atoms. The van der Waals surface area contributed by atoms with Gasteiger partial charge in [-0.3, -0.25) is 0 Å². The molecule has 0 unspecified atom stereocenters. The van der Waals surface area contributed by atoms with E-state index in [-0.39, 0.29) is 0 Å². The topological polar surface area (TPSA) is 37.3 Å². The van der Waals surface area contributed by atoms with Crippen molar-refractivity contribution in [3.05, 3.63) is 113 Å². The maximum atomic E-state index is 5.14. The van der Waals surface area contributed by atoms with Crippen molar-refractivity contribution in [3.8, 4) is 33.6 Å². The van der Waals surface area contributed by atoms with Crippen molar-refractivity contribution >= 4 is 17.1 Å². The van der Waals surface area contributed by atoms with E-state index in [1.807, 2.05) is 0 Å². The second-order valence-electron chi connectivity index (χ2n) is 7.98. The molecule has 1 N–H and O–H groups in total. The normalized spacial score (nSPS) is 14.3. The third-order valence-electron chi connectivity index (χ3n) is 6.17. The van der Waals surface area contributed by atoms with Gasteiger partial charge in [0.2, 0.25) is 0 Å². The van der Waals surface area contributed by atoms with Gasteiger partial charge in [-0.05, 0) is 35.9 Å². The van der Waals surface area contributed by atoms with Crippen LogP contribution >= 0.6 is 0 Å². The Morgan fingerprint density at radius 1 is 0.677 bits per heavy atom. The van der Waals surface area contributed by atoms with Crippen LogP contribution in [0, 0.1) is 0 Å². The van der Waals surface area contributed by atoms with Crippen LogP contribution in [-0.4, -0.2) is 4.98 Å². The lowest BCUT2D eigenvalue weighted by molar-refractivity contribution is 1.20. The van der Waals surface area contributed by atoms with Gasteiger partial charge >= 0.3 is 0 Å². The molecule has 4 heterocycles. The molecule has 3 nitrogen and oxygen atoms in total. The standard InChI is InChI=1S/C28H17N3/c1-6-17-16-18(7-1)24-13-5-15-26(30-24)22-11-3-9-20-19-8-2-10-21(27(19)31-28(20)22)25-14-4-12-23(17)29-25/h1-16,29H. The van der Waals surface area contributed by atoms with Crippen molar-refractivity contribution in [2.24, 2.45) is 4.99 Å². The molecule has 3 aliphatic rings. The summed E-state index contributed by atoms with van der Waals surface area (Å²) in [5, 5.41) is 5.77. The number of fused-ring (bicyclic) bond motifs is 10. The maximum absolute atomic E-state index is 5.14. The molecule has 3 aromatic carbocycles. The lowest BCUT2D eigenvalue weighted by Crippen LogP contribution is -2.32. The number of para-hydroxylation sites is 2. The molecule has 0 saturated heterocycles. The first-order valence-corrected chi connectivity index (χ1v) is 10.4. The van der Waals surface area contributed by atoms with E-state index in [1.165, 1.54) is 5.56 Å². The SMILES string of the molecule is C1=CC2=c3cccc4c3=Nc3c(cccc3-4)-c3cccc(n3)-c3cccc(c3)C(=C1)N2. The molecule has 1 aromatic heterocycles. The van der Waals surface area contributed by atoms with Gasteiger partial charge in [0, 0.05) is 38.9 Å². The van der Waals surface area contributed by atoms with E-state index < -0.39 is 0 Å². The lowest BCUT2D eigenvalue weighted by atomic mass is 9.99. The summed E-state index contributed by atoms with van der Waals surface area (Å²) < 4.78 is 0. The number of rotatable bonds is 0. The van der Waals surface area contributed by atoms with Gasteiger partial charge < -0.3 is 5.32 Å². The Hall–Kier alpha value is -4.24. The number of dihydropyridines is 1. The van der Waals surface area contributed by atoms with Crippen LogP contribution in [0.4, 0.5) is 5.69 Å². The number of benzene rings is 3. The van der Waals surface area contributed by atoms with Gasteiger partial charge in [0.05, 0.1) is 22.4 Å². The molecule has 3 heteroatoms. The Labute approximate surface area is 179 Å². The summed E-state index contributed by atoms with van der Waals surface area (Å²) >= 11 is 0. The molecule has 0 atom stereocenters. The Bertz CT molecular complexity index is 1610. The van der Waals surface area contributed by atoms with Gasteiger partial charge in [0.25, 0.3) is 0 Å². The van der Waals surface area contributed by atoms with E-state index in [0.29, 0.717) is 0 Å². The second-order valence-corrected chi connectivity index (χ2v) is 7.98. The second kappa shape index (κ2) is 6.13. The summed E-state index contributed by atoms with van der Waals surface area (Å²) in [5.74, 6) is 0. The van der Waals surface area contributed by atoms with Crippen molar-refractivity contribution < 1.29 is 0 Å². The highest BCUT2D eigenvalue weighted by Gasteiger charge is 2.20. The smallest absolute Gasteiger partial charge is 0.0810 e. The molecule has 0 aliphatic carbocycles. The summed E-state index contributed by atoms with van der Waals surface area (Å²) in [6.45, 7) is 0. The monoisotopic (exact) mass is 395 g/mol. The van der Waals surface area contributed by atoms with E-state index in [1.54, 1.807) is 0 Å². The number of hydrogen-bond donors (Lipinski definition) is 1. The fraction of sp³-hybridized carbons (Fsp3) is 0. The first kappa shape index (κ1) is 16.5. The van der Waals surface area contributed by atoms with Crippen LogP contribution in [0.25, 0.3) is 45.0 Å². The Morgan fingerprint density at radius 2 is 1.45 bits per heavy atom. The van der Waals surface area contributed by atoms with Crippen LogP contribution in [0.2, 0.25) is 0 Å². The Balaban J connectivity index is 1.65. The zero-order valence-corrected chi connectivity index (χ0v) is 16.6. The summed E-state index contributed by atoms with van der Waals surface area (Å²) in [4.78, 5) is 10.2. The van der Waals surface area contributed by atoms with Crippen LogP contribution in [0.5, 0.6) is 0 Å². The minimum atomic E-state index is 0.944. The number of aromatic nitrogens is 1. The van der Waals surface area contributed by atoms with Crippen molar-refractivity contribution in [2.45, 2.75) is 0 Å². The predicted molar refractivity (Wildman–Crippen MR) is 125 cm³/mol. The number of allylic oxidation sites excluding steroid dienone is 2. The molecule has 3 aliphatic heterocycles. The van der Waals surface area contributed by atoms with E-state index >= 15 is 0 Å². The van der Waals surface area contributed by atoms with Crippen LogP contribution in [0.1, 0.15) is 5.56 Å². The predicted octanol–water partition coefficient (Wildman–Crippen LogP) is 4.97. The van der Waals surface area contributed by atoms with Gasteiger partial charge in [-0.25, -0.2) is 9.98 Å². The summed E-state index contributed by atoms with van der Waals surface area (Å²) in [5.41, 5.74) is 10.7. The first-order chi connectivity index (χ1) is 15.3. The molecule has 0 spiro atoms. The molecular formula is C28H17N3. The van der Waals surface area contributed by atoms with Gasteiger partial charge in [-0.15, -0.1) is 0 Å². The van der Waals surface area contributed by atoms with Crippen LogP contribution in [-0.2, 0) is 0 Å². The summed E-state index contributed by atoms with van der Waals surface area (Å²) in [7, 11) is 0. The van der Waals surface area contributed by atoms with E-state index in [2.05, 4.69) is 102 Å². The molecule has 0 fully saturated rings. The number of pyridine rings is 1. The molecule has 7 rings (SSSR count). The van der Waals surface area contributed by atoms with E-state index in [9.17, 15) is 0 Å². The largest absolute Gasteiger partial charge is 0.354 e. The van der Waals surface area contributed by atoms with Gasteiger partial charge in [-0.2, -0.15) is 0 Å². The number of hydrogen-bond acceptors (Lipinski definition) is 3. The highest BCUT2D eigenvalue weighted by atomic mass is 14.9. The van der Waals surface area contributed by atoms with Crippen LogP contribution in [0.15, 0.2) is 102 Å². The van der Waals surface area contributed by atoms with Crippen molar-refractivity contribution in [1.82, 2.24) is 10.3 Å². The highest BCUT2D eigenvalue weighted by Crippen LogP contribution is 2.40. The molecule has 0 radical (unpaired) electrons. The van der Waals surface area contributed by atoms with Gasteiger partial charge in [0.15, 0.2) is 0 Å². The minimum absolute atomic E-state index is 0.944. The Kier molecular flexibility index (Phi) is 3.27. The van der Waals surface area contributed by atoms with Crippen molar-refractivity contribution in [3.63, 3.8) is 0 Å². The first-order valence-electron chi connectivity index (χ1n) is 10.4. The minimum Gasteiger partial charge on any atom is -0.354 e. The molecule has 0 saturated carbocycles. The number of nitrogens with one attached hydrogen (secondary N) is 1. The summed E-state index contributed by atoms with van der Waals surface area (Å²) in [6.07, 6.45) is 6.34. The van der Waals surface area contributed by atoms with E-state index in [0.717, 1.165) is 61.3 Å². The number of nitrogens with zero attached hydrogens (tertiary/aromatic N) is 2. The lowest BCUT2D eigenvalue weighted by Gasteiger charge is -2.16. The average Bonchev–Trinajstić information content (AvgIpc) is 3.23. The van der Waals surface area contributed by atoms with Crippen LogP contribution < -0.4 is 15.9 Å². The van der Waals surface area contributed by atoms with Gasteiger partial charge in [0.1, 0.15) is 0 Å². The Morgan fingerprint density at radius 3 is 2.45 bits per heavy atom. The quantitative estimate of drug-likeness (QED) is 0.402. The third kappa shape index (κ3) is 2.41. The maximum Gasteiger partial charge on any atom is 0.0810 e. The molecule has 0 amide bonds. The van der Waals surface area contributed by atoms with Gasteiger partial charge in [-0.1, -0.05) is 66.7 Å². The molecule has 144 valence electrons. The molecule has 4 aromatic rings. The van der Waals surface area contributed by atoms with Crippen molar-refractivity contribution in [2.75, 3.05) is 0 Å². The zero-order chi connectivity index (χ0) is 20.4. The highest BCUT2D eigenvalue weighted by molar-refractivity contribution is 5.91. The molecular weight excluding hydrogens is 378 g/mol. The molecule has 8 bridgehead atoms. The fourth-order valence-corrected chi connectivity index (χ4v) is 4.68. The van der Waals surface area contributed by atoms with Crippen molar-refractivity contribution in [1.29, 1.82) is 0 Å². The summed E-state index contributed by atoms with van der Waals surface area (Å²) in [6, 6.07) is 27.6. The third-order valence-corrected chi connectivity index (χ3v) is 6.17. The fourth-order valence-electron chi connectivity index (χ4n) is 4.68. The van der Waals surface area contributed by atoms with E-state index in [4.69, 9.17) is 9.98 Å².